The van der Waals surface area contributed by atoms with E-state index in [0.29, 0.717) is 10.0 Å². The third-order valence-corrected chi connectivity index (χ3v) is 2.48. The molecule has 0 saturated heterocycles. The summed E-state index contributed by atoms with van der Waals surface area (Å²) in [4.78, 5) is 0. The minimum Gasteiger partial charge on any atom is -0.271 e. The predicted molar refractivity (Wildman–Crippen MR) is 54.3 cm³/mol. The van der Waals surface area contributed by atoms with Crippen molar-refractivity contribution in [2.24, 2.45) is 5.84 Å². The molecule has 0 aliphatic heterocycles. The Morgan fingerprint density at radius 1 is 1.43 bits per heavy atom. The molecule has 0 heterocycles. The summed E-state index contributed by atoms with van der Waals surface area (Å²) in [7, 11) is 0. The second kappa shape index (κ2) is 4.63. The lowest BCUT2D eigenvalue weighted by molar-refractivity contribution is 0.503. The molecule has 0 aliphatic rings. The highest BCUT2D eigenvalue weighted by molar-refractivity contribution is 9.10. The van der Waals surface area contributed by atoms with Gasteiger partial charge in [-0.2, -0.15) is 0 Å². The van der Waals surface area contributed by atoms with E-state index in [1.807, 2.05) is 0 Å². The van der Waals surface area contributed by atoms with Crippen LogP contribution in [0.1, 0.15) is 11.6 Å². The van der Waals surface area contributed by atoms with Crippen molar-refractivity contribution in [2.75, 3.05) is 0 Å². The second-order valence-corrected chi connectivity index (χ2v) is 3.52. The molecule has 0 bridgehead atoms. The van der Waals surface area contributed by atoms with Crippen LogP contribution in [0.15, 0.2) is 29.3 Å². The smallest absolute Gasteiger partial charge is 0.159 e. The summed E-state index contributed by atoms with van der Waals surface area (Å²) in [6.45, 7) is 3.52. The van der Waals surface area contributed by atoms with E-state index >= 15 is 0 Å². The van der Waals surface area contributed by atoms with Crippen molar-refractivity contribution in [1.29, 1.82) is 0 Å². The molecule has 0 radical (unpaired) electrons. The lowest BCUT2D eigenvalue weighted by Gasteiger charge is -2.13. The Morgan fingerprint density at radius 2 is 2.00 bits per heavy atom. The maximum absolute atomic E-state index is 12.9. The van der Waals surface area contributed by atoms with Gasteiger partial charge in [0, 0.05) is 4.47 Å². The Balaban J connectivity index is 3.20. The molecule has 1 aromatic rings. The highest BCUT2D eigenvalue weighted by atomic mass is 79.9. The maximum Gasteiger partial charge on any atom is 0.159 e. The lowest BCUT2D eigenvalue weighted by Crippen LogP contribution is -2.26. The van der Waals surface area contributed by atoms with E-state index in [-0.39, 0.29) is 0 Å². The largest absolute Gasteiger partial charge is 0.271 e. The summed E-state index contributed by atoms with van der Waals surface area (Å²) in [5.41, 5.74) is 2.92. The molecule has 0 fully saturated rings. The standard InChI is InChI=1S/C9H9BrF2N2/c1-2-9(14-13)5-3-7(11)8(12)4-6(5)10/h2-4,9,14H,1,13H2. The first-order chi connectivity index (χ1) is 6.60. The summed E-state index contributed by atoms with van der Waals surface area (Å²) in [6, 6.07) is 1.71. The van der Waals surface area contributed by atoms with Crippen LogP contribution in [0.3, 0.4) is 0 Å². The summed E-state index contributed by atoms with van der Waals surface area (Å²) in [5, 5.41) is 0. The van der Waals surface area contributed by atoms with E-state index in [9.17, 15) is 8.78 Å². The van der Waals surface area contributed by atoms with Gasteiger partial charge in [-0.15, -0.1) is 6.58 Å². The molecule has 2 nitrogen and oxygen atoms in total. The molecule has 0 spiro atoms. The third-order valence-electron chi connectivity index (χ3n) is 1.79. The summed E-state index contributed by atoms with van der Waals surface area (Å²) in [5.74, 6) is 3.40. The van der Waals surface area contributed by atoms with E-state index in [4.69, 9.17) is 5.84 Å². The molecule has 1 rings (SSSR count). The number of nitrogens with one attached hydrogen (secondary N) is 1. The lowest BCUT2D eigenvalue weighted by atomic mass is 10.1. The zero-order valence-electron chi connectivity index (χ0n) is 7.23. The quantitative estimate of drug-likeness (QED) is 0.380. The first kappa shape index (κ1) is 11.3. The Labute approximate surface area is 88.9 Å². The molecule has 5 heteroatoms. The van der Waals surface area contributed by atoms with Gasteiger partial charge in [-0.25, -0.2) is 14.2 Å². The predicted octanol–water partition coefficient (Wildman–Crippen LogP) is 2.42. The van der Waals surface area contributed by atoms with Crippen molar-refractivity contribution in [1.82, 2.24) is 5.43 Å². The average Bonchev–Trinajstić information content (AvgIpc) is 2.15. The minimum atomic E-state index is -0.912. The Bertz CT molecular complexity index is 355. The molecule has 0 saturated carbocycles. The zero-order valence-corrected chi connectivity index (χ0v) is 8.81. The van der Waals surface area contributed by atoms with Gasteiger partial charge < -0.3 is 0 Å². The number of benzene rings is 1. The van der Waals surface area contributed by atoms with Gasteiger partial charge in [0.1, 0.15) is 0 Å². The van der Waals surface area contributed by atoms with Gasteiger partial charge in [0.15, 0.2) is 11.6 Å². The van der Waals surface area contributed by atoms with Gasteiger partial charge in [0.2, 0.25) is 0 Å². The van der Waals surface area contributed by atoms with Crippen molar-refractivity contribution >= 4 is 15.9 Å². The molecule has 0 aromatic heterocycles. The number of nitrogens with two attached hydrogens (primary N) is 1. The topological polar surface area (TPSA) is 38.0 Å². The number of rotatable bonds is 3. The minimum absolute atomic E-state index is 0.417. The van der Waals surface area contributed by atoms with Gasteiger partial charge >= 0.3 is 0 Å². The summed E-state index contributed by atoms with van der Waals surface area (Å²) < 4.78 is 26.1. The van der Waals surface area contributed by atoms with E-state index in [0.717, 1.165) is 12.1 Å². The molecular formula is C9H9BrF2N2. The van der Waals surface area contributed by atoms with Crippen molar-refractivity contribution in [3.8, 4) is 0 Å². The van der Waals surface area contributed by atoms with Gasteiger partial charge in [-0.3, -0.25) is 5.84 Å². The van der Waals surface area contributed by atoms with Crippen LogP contribution in [0.25, 0.3) is 0 Å². The molecule has 1 aromatic carbocycles. The first-order valence-electron chi connectivity index (χ1n) is 3.83. The van der Waals surface area contributed by atoms with Gasteiger partial charge in [0.25, 0.3) is 0 Å². The van der Waals surface area contributed by atoms with Gasteiger partial charge in [-0.05, 0) is 17.7 Å². The monoisotopic (exact) mass is 262 g/mol. The number of hydrogen-bond donors (Lipinski definition) is 2. The third kappa shape index (κ3) is 2.17. The highest BCUT2D eigenvalue weighted by Gasteiger charge is 2.13. The van der Waals surface area contributed by atoms with E-state index < -0.39 is 17.7 Å². The van der Waals surface area contributed by atoms with Crippen LogP contribution in [0.4, 0.5) is 8.78 Å². The highest BCUT2D eigenvalue weighted by Crippen LogP contribution is 2.26. The second-order valence-electron chi connectivity index (χ2n) is 2.67. The summed E-state index contributed by atoms with van der Waals surface area (Å²) in [6.07, 6.45) is 1.50. The van der Waals surface area contributed by atoms with Gasteiger partial charge in [0.05, 0.1) is 6.04 Å². The molecule has 0 aliphatic carbocycles. The molecule has 76 valence electrons. The molecular weight excluding hydrogens is 254 g/mol. The van der Waals surface area contributed by atoms with Crippen molar-refractivity contribution < 1.29 is 8.78 Å². The average molecular weight is 263 g/mol. The number of hydrogen-bond acceptors (Lipinski definition) is 2. The Morgan fingerprint density at radius 3 is 2.50 bits per heavy atom. The molecule has 3 N–H and O–H groups in total. The Kier molecular flexibility index (Phi) is 3.74. The molecule has 0 amide bonds. The SMILES string of the molecule is C=CC(NN)c1cc(F)c(F)cc1Br. The van der Waals surface area contributed by atoms with Gasteiger partial charge in [-0.1, -0.05) is 22.0 Å². The fourth-order valence-electron chi connectivity index (χ4n) is 1.06. The molecule has 1 atom stereocenters. The number of hydrazine groups is 1. The van der Waals surface area contributed by atoms with Crippen LogP contribution < -0.4 is 11.3 Å². The van der Waals surface area contributed by atoms with Crippen LogP contribution in [0.2, 0.25) is 0 Å². The first-order valence-corrected chi connectivity index (χ1v) is 4.62. The normalized spacial score (nSPS) is 12.6. The van der Waals surface area contributed by atoms with E-state index in [1.54, 1.807) is 0 Å². The Hall–Kier alpha value is -0.780. The van der Waals surface area contributed by atoms with Crippen LogP contribution in [-0.4, -0.2) is 0 Å². The molecule has 14 heavy (non-hydrogen) atoms. The molecule has 1 unspecified atom stereocenters. The van der Waals surface area contributed by atoms with E-state index in [1.165, 1.54) is 6.08 Å². The van der Waals surface area contributed by atoms with Crippen molar-refractivity contribution in [3.63, 3.8) is 0 Å². The number of halogens is 3. The van der Waals surface area contributed by atoms with Crippen LogP contribution in [0.5, 0.6) is 0 Å². The fourth-order valence-corrected chi connectivity index (χ4v) is 1.62. The maximum atomic E-state index is 12.9. The van der Waals surface area contributed by atoms with Crippen molar-refractivity contribution in [3.05, 3.63) is 46.5 Å². The zero-order chi connectivity index (χ0) is 10.7. The van der Waals surface area contributed by atoms with Crippen LogP contribution in [-0.2, 0) is 0 Å². The van der Waals surface area contributed by atoms with Crippen LogP contribution in [0, 0.1) is 11.6 Å². The fraction of sp³-hybridized carbons (Fsp3) is 0.111. The summed E-state index contributed by atoms with van der Waals surface area (Å²) >= 11 is 3.11. The van der Waals surface area contributed by atoms with Crippen molar-refractivity contribution in [2.45, 2.75) is 6.04 Å². The van der Waals surface area contributed by atoms with E-state index in [2.05, 4.69) is 27.9 Å². The van der Waals surface area contributed by atoms with Crippen LogP contribution >= 0.6 is 15.9 Å².